The number of hydrogen-bond acceptors (Lipinski definition) is 5. The predicted octanol–water partition coefficient (Wildman–Crippen LogP) is 3.08. The maximum Gasteiger partial charge on any atom is 0.246 e. The van der Waals surface area contributed by atoms with Gasteiger partial charge in [0, 0.05) is 18.8 Å². The van der Waals surface area contributed by atoms with Gasteiger partial charge in [0.15, 0.2) is 0 Å². The Morgan fingerprint density at radius 2 is 2.25 bits per heavy atom. The Morgan fingerprint density at radius 3 is 3.00 bits per heavy atom. The molecule has 3 heterocycles. The Morgan fingerprint density at radius 1 is 1.42 bits per heavy atom. The molecular formula is C18H21N5O. The summed E-state index contributed by atoms with van der Waals surface area (Å²) in [5, 5.41) is 3.25. The van der Waals surface area contributed by atoms with Crippen molar-refractivity contribution in [2.45, 2.75) is 32.7 Å². The van der Waals surface area contributed by atoms with Crippen molar-refractivity contribution in [2.75, 3.05) is 11.9 Å². The Bertz CT molecular complexity index is 774. The van der Waals surface area contributed by atoms with E-state index in [1.807, 2.05) is 36.9 Å². The summed E-state index contributed by atoms with van der Waals surface area (Å²) in [5.74, 6) is 2.08. The molecule has 2 aromatic rings. The molecule has 0 unspecified atom stereocenters. The average molecular weight is 323 g/mol. The highest BCUT2D eigenvalue weighted by Crippen LogP contribution is 2.32. The molecule has 0 saturated carbocycles. The zero-order valence-electron chi connectivity index (χ0n) is 14.0. The minimum absolute atomic E-state index is 0.0254. The standard InChI is InChI=1S/C18H21N5O/c1-4-17(24)23-10-6-8-15(23)14-11-16(21-13(3)20-14)22-18-12(2)7-5-9-19-18/h4-5,7,9,11,15H,1,6,8,10H2,2-3H3,(H,19,20,21,22)/t15-/m1/s1. The fourth-order valence-corrected chi connectivity index (χ4v) is 3.02. The quantitative estimate of drug-likeness (QED) is 0.876. The van der Waals surface area contributed by atoms with Crippen molar-refractivity contribution in [1.29, 1.82) is 0 Å². The third-order valence-electron chi connectivity index (χ3n) is 4.17. The Hall–Kier alpha value is -2.76. The minimum atomic E-state index is -0.0520. The molecule has 1 amide bonds. The van der Waals surface area contributed by atoms with Crippen LogP contribution in [0.25, 0.3) is 0 Å². The molecule has 1 atom stereocenters. The van der Waals surface area contributed by atoms with Crippen LogP contribution in [0.2, 0.25) is 0 Å². The van der Waals surface area contributed by atoms with E-state index in [-0.39, 0.29) is 11.9 Å². The van der Waals surface area contributed by atoms with Gasteiger partial charge < -0.3 is 10.2 Å². The molecule has 24 heavy (non-hydrogen) atoms. The number of pyridine rings is 1. The van der Waals surface area contributed by atoms with Crippen LogP contribution in [0.1, 0.15) is 36.0 Å². The summed E-state index contributed by atoms with van der Waals surface area (Å²) in [4.78, 5) is 27.2. The van der Waals surface area contributed by atoms with Gasteiger partial charge in [-0.1, -0.05) is 12.6 Å². The summed E-state index contributed by atoms with van der Waals surface area (Å²) in [6.45, 7) is 8.17. The summed E-state index contributed by atoms with van der Waals surface area (Å²) >= 11 is 0. The lowest BCUT2D eigenvalue weighted by Gasteiger charge is -2.23. The number of nitrogens with zero attached hydrogens (tertiary/aromatic N) is 4. The van der Waals surface area contributed by atoms with Gasteiger partial charge in [0.1, 0.15) is 17.5 Å². The van der Waals surface area contributed by atoms with Crippen LogP contribution in [0.4, 0.5) is 11.6 Å². The van der Waals surface area contributed by atoms with Gasteiger partial charge in [0.2, 0.25) is 5.91 Å². The fraction of sp³-hybridized carbons (Fsp3) is 0.333. The molecule has 124 valence electrons. The first kappa shape index (κ1) is 16.1. The fourth-order valence-electron chi connectivity index (χ4n) is 3.02. The van der Waals surface area contributed by atoms with E-state index in [9.17, 15) is 4.79 Å². The van der Waals surface area contributed by atoms with Crippen LogP contribution >= 0.6 is 0 Å². The van der Waals surface area contributed by atoms with Crippen molar-refractivity contribution >= 4 is 17.5 Å². The number of nitrogens with one attached hydrogen (secondary N) is 1. The van der Waals surface area contributed by atoms with Crippen LogP contribution in [-0.2, 0) is 4.79 Å². The molecule has 3 rings (SSSR count). The number of aromatic nitrogens is 3. The third-order valence-corrected chi connectivity index (χ3v) is 4.17. The largest absolute Gasteiger partial charge is 0.331 e. The summed E-state index contributed by atoms with van der Waals surface area (Å²) in [6.07, 6.45) is 4.97. The van der Waals surface area contributed by atoms with Crippen LogP contribution in [0.3, 0.4) is 0 Å². The number of carbonyl (C=O) groups is 1. The van der Waals surface area contributed by atoms with E-state index in [0.717, 1.165) is 36.5 Å². The molecule has 1 saturated heterocycles. The van der Waals surface area contributed by atoms with Gasteiger partial charge in [-0.05, 0) is 44.4 Å². The molecule has 2 aromatic heterocycles. The van der Waals surface area contributed by atoms with E-state index in [2.05, 4.69) is 26.8 Å². The van der Waals surface area contributed by atoms with Crippen LogP contribution < -0.4 is 5.32 Å². The molecular weight excluding hydrogens is 302 g/mol. The van der Waals surface area contributed by atoms with Gasteiger partial charge in [-0.3, -0.25) is 4.79 Å². The average Bonchev–Trinajstić information content (AvgIpc) is 3.05. The number of carbonyl (C=O) groups excluding carboxylic acids is 1. The molecule has 0 aromatic carbocycles. The summed E-state index contributed by atoms with van der Waals surface area (Å²) in [6, 6.07) is 5.77. The highest BCUT2D eigenvalue weighted by Gasteiger charge is 2.30. The maximum atomic E-state index is 12.0. The smallest absolute Gasteiger partial charge is 0.246 e. The monoisotopic (exact) mass is 323 g/mol. The molecule has 1 fully saturated rings. The Balaban J connectivity index is 1.90. The number of rotatable bonds is 4. The first-order valence-electron chi connectivity index (χ1n) is 8.05. The lowest BCUT2D eigenvalue weighted by Crippen LogP contribution is -2.29. The van der Waals surface area contributed by atoms with Crippen LogP contribution in [0, 0.1) is 13.8 Å². The highest BCUT2D eigenvalue weighted by molar-refractivity contribution is 5.87. The summed E-state index contributed by atoms with van der Waals surface area (Å²) in [5.41, 5.74) is 1.89. The lowest BCUT2D eigenvalue weighted by atomic mass is 10.1. The normalized spacial score (nSPS) is 16.9. The SMILES string of the molecule is C=CC(=O)N1CCC[C@@H]1c1cc(Nc2ncccc2C)nc(C)n1. The van der Waals surface area contributed by atoms with Crippen LogP contribution in [0.5, 0.6) is 0 Å². The van der Waals surface area contributed by atoms with Crippen molar-refractivity contribution in [1.82, 2.24) is 19.9 Å². The van der Waals surface area contributed by atoms with Crippen molar-refractivity contribution in [3.8, 4) is 0 Å². The van der Waals surface area contributed by atoms with Crippen LogP contribution in [0.15, 0.2) is 37.1 Å². The molecule has 0 bridgehead atoms. The van der Waals surface area contributed by atoms with E-state index in [1.165, 1.54) is 6.08 Å². The molecule has 1 N–H and O–H groups in total. The van der Waals surface area contributed by atoms with Crippen molar-refractivity contribution in [2.24, 2.45) is 0 Å². The number of hydrogen-bond donors (Lipinski definition) is 1. The molecule has 0 spiro atoms. The molecule has 6 heteroatoms. The topological polar surface area (TPSA) is 71.0 Å². The van der Waals surface area contributed by atoms with Crippen molar-refractivity contribution in [3.63, 3.8) is 0 Å². The van der Waals surface area contributed by atoms with E-state index in [0.29, 0.717) is 11.6 Å². The molecule has 0 aliphatic carbocycles. The first-order chi connectivity index (χ1) is 11.6. The van der Waals surface area contributed by atoms with Gasteiger partial charge in [-0.2, -0.15) is 0 Å². The third kappa shape index (κ3) is 3.27. The maximum absolute atomic E-state index is 12.0. The zero-order chi connectivity index (χ0) is 17.1. The molecule has 6 nitrogen and oxygen atoms in total. The first-order valence-corrected chi connectivity index (χ1v) is 8.05. The van der Waals surface area contributed by atoms with Gasteiger partial charge in [-0.15, -0.1) is 0 Å². The summed E-state index contributed by atoms with van der Waals surface area (Å²) < 4.78 is 0. The number of anilines is 2. The van der Waals surface area contributed by atoms with Crippen molar-refractivity contribution < 1.29 is 4.79 Å². The Kier molecular flexibility index (Phi) is 4.55. The molecule has 0 radical (unpaired) electrons. The van der Waals surface area contributed by atoms with Gasteiger partial charge in [0.25, 0.3) is 0 Å². The van der Waals surface area contributed by atoms with Gasteiger partial charge >= 0.3 is 0 Å². The minimum Gasteiger partial charge on any atom is -0.331 e. The predicted molar refractivity (Wildman–Crippen MR) is 92.9 cm³/mol. The second-order valence-corrected chi connectivity index (χ2v) is 5.91. The second kappa shape index (κ2) is 6.78. The summed E-state index contributed by atoms with van der Waals surface area (Å²) in [7, 11) is 0. The van der Waals surface area contributed by atoms with Gasteiger partial charge in [-0.25, -0.2) is 15.0 Å². The number of amides is 1. The molecule has 1 aliphatic rings. The van der Waals surface area contributed by atoms with E-state index in [1.54, 1.807) is 6.20 Å². The van der Waals surface area contributed by atoms with Crippen molar-refractivity contribution in [3.05, 3.63) is 54.1 Å². The van der Waals surface area contributed by atoms with E-state index >= 15 is 0 Å². The second-order valence-electron chi connectivity index (χ2n) is 5.91. The lowest BCUT2D eigenvalue weighted by molar-refractivity contribution is -0.126. The van der Waals surface area contributed by atoms with Crippen LogP contribution in [-0.4, -0.2) is 32.3 Å². The highest BCUT2D eigenvalue weighted by atomic mass is 16.2. The number of aryl methyl sites for hydroxylation is 2. The Labute approximate surface area is 141 Å². The zero-order valence-corrected chi connectivity index (χ0v) is 14.0. The van der Waals surface area contributed by atoms with E-state index < -0.39 is 0 Å². The molecule has 1 aliphatic heterocycles. The van der Waals surface area contributed by atoms with E-state index in [4.69, 9.17) is 0 Å². The van der Waals surface area contributed by atoms with Gasteiger partial charge in [0.05, 0.1) is 11.7 Å². The number of likely N-dealkylation sites (tertiary alicyclic amines) is 1.